The number of nitrogens with two attached hydrogens (primary N) is 1. The molecule has 1 fully saturated rings. The van der Waals surface area contributed by atoms with Gasteiger partial charge in [0.15, 0.2) is 0 Å². The zero-order chi connectivity index (χ0) is 16.1. The molecule has 1 aromatic carbocycles. The van der Waals surface area contributed by atoms with Gasteiger partial charge in [0.1, 0.15) is 11.6 Å². The van der Waals surface area contributed by atoms with Crippen LogP contribution in [0.5, 0.6) is 5.75 Å². The zero-order valence-electron chi connectivity index (χ0n) is 13.3. The van der Waals surface area contributed by atoms with Crippen molar-refractivity contribution in [3.05, 3.63) is 36.3 Å². The fraction of sp³-hybridized carbons (Fsp3) is 0.444. The first-order valence-corrected chi connectivity index (χ1v) is 8.38. The van der Waals surface area contributed by atoms with Crippen LogP contribution < -0.4 is 11.1 Å². The van der Waals surface area contributed by atoms with Crippen molar-refractivity contribution in [2.45, 2.75) is 38.0 Å². The number of hydrogen-bond acceptors (Lipinski definition) is 5. The van der Waals surface area contributed by atoms with Crippen LogP contribution in [-0.4, -0.2) is 28.2 Å². The van der Waals surface area contributed by atoms with E-state index in [1.807, 2.05) is 18.3 Å². The number of hydrogen-bond donors (Lipinski definition) is 3. The molecule has 23 heavy (non-hydrogen) atoms. The Balaban J connectivity index is 1.95. The van der Waals surface area contributed by atoms with Gasteiger partial charge >= 0.3 is 0 Å². The molecule has 0 saturated heterocycles. The van der Waals surface area contributed by atoms with Crippen LogP contribution in [0.4, 0.5) is 5.69 Å². The Morgan fingerprint density at radius 1 is 1.13 bits per heavy atom. The van der Waals surface area contributed by atoms with Crippen LogP contribution in [0.25, 0.3) is 11.3 Å². The lowest BCUT2D eigenvalue weighted by Crippen LogP contribution is -2.15. The number of aromatic nitrogens is 2. The van der Waals surface area contributed by atoms with Gasteiger partial charge in [-0.2, -0.15) is 0 Å². The molecule has 4 N–H and O–H groups in total. The zero-order valence-corrected chi connectivity index (χ0v) is 13.3. The first kappa shape index (κ1) is 15.7. The van der Waals surface area contributed by atoms with Crippen molar-refractivity contribution < 1.29 is 5.11 Å². The van der Waals surface area contributed by atoms with Gasteiger partial charge in [-0.15, -0.1) is 0 Å². The average Bonchev–Trinajstić information content (AvgIpc) is 2.61. The molecule has 0 aliphatic heterocycles. The largest absolute Gasteiger partial charge is 0.508 e. The minimum Gasteiger partial charge on any atom is -0.508 e. The normalized spacial score (nSPS) is 15.5. The molecule has 0 atom stereocenters. The van der Waals surface area contributed by atoms with E-state index in [1.165, 1.54) is 32.1 Å². The molecule has 0 unspecified atom stereocenters. The fourth-order valence-corrected chi connectivity index (χ4v) is 3.13. The summed E-state index contributed by atoms with van der Waals surface area (Å²) in [6.07, 6.45) is 8.05. The second kappa shape index (κ2) is 7.42. The molecule has 1 heterocycles. The van der Waals surface area contributed by atoms with Crippen molar-refractivity contribution in [3.63, 3.8) is 0 Å². The summed E-state index contributed by atoms with van der Waals surface area (Å²) in [7, 11) is 0. The number of phenolic OH excluding ortho intramolecular Hbond substituents is 1. The maximum absolute atomic E-state index is 9.51. The van der Waals surface area contributed by atoms with Crippen molar-refractivity contribution in [1.82, 2.24) is 9.97 Å². The van der Waals surface area contributed by atoms with Crippen LogP contribution in [0.1, 0.15) is 43.8 Å². The SMILES string of the molecule is NCCNc1cnc(C2CCCCC2)nc1-c1ccc(O)cc1. The third kappa shape index (κ3) is 3.79. The second-order valence-electron chi connectivity index (χ2n) is 6.09. The van der Waals surface area contributed by atoms with E-state index < -0.39 is 0 Å². The average molecular weight is 312 g/mol. The molecular weight excluding hydrogens is 288 g/mol. The van der Waals surface area contributed by atoms with Gasteiger partial charge in [0.05, 0.1) is 17.6 Å². The van der Waals surface area contributed by atoms with Gasteiger partial charge in [-0.1, -0.05) is 19.3 Å². The Kier molecular flexibility index (Phi) is 5.08. The highest BCUT2D eigenvalue weighted by Gasteiger charge is 2.20. The number of nitrogens with zero attached hydrogens (tertiary/aromatic N) is 2. The highest BCUT2D eigenvalue weighted by atomic mass is 16.3. The summed E-state index contributed by atoms with van der Waals surface area (Å²) in [4.78, 5) is 9.45. The van der Waals surface area contributed by atoms with E-state index in [-0.39, 0.29) is 5.75 Å². The molecule has 0 spiro atoms. The summed E-state index contributed by atoms with van der Waals surface area (Å²) in [5, 5.41) is 12.8. The van der Waals surface area contributed by atoms with E-state index in [0.29, 0.717) is 19.0 Å². The van der Waals surface area contributed by atoms with Crippen molar-refractivity contribution in [2.24, 2.45) is 5.73 Å². The summed E-state index contributed by atoms with van der Waals surface area (Å²) in [6.45, 7) is 1.23. The van der Waals surface area contributed by atoms with Gasteiger partial charge in [-0.05, 0) is 37.1 Å². The van der Waals surface area contributed by atoms with Crippen LogP contribution in [0.2, 0.25) is 0 Å². The number of phenols is 1. The number of rotatable bonds is 5. The quantitative estimate of drug-likeness (QED) is 0.789. The monoisotopic (exact) mass is 312 g/mol. The van der Waals surface area contributed by atoms with Crippen LogP contribution in [0.15, 0.2) is 30.5 Å². The molecule has 1 aliphatic carbocycles. The molecule has 0 bridgehead atoms. The smallest absolute Gasteiger partial charge is 0.132 e. The maximum Gasteiger partial charge on any atom is 0.132 e. The van der Waals surface area contributed by atoms with Crippen LogP contribution in [0.3, 0.4) is 0 Å². The van der Waals surface area contributed by atoms with Gasteiger partial charge in [0, 0.05) is 24.6 Å². The lowest BCUT2D eigenvalue weighted by molar-refractivity contribution is 0.429. The molecule has 0 amide bonds. The summed E-state index contributed by atoms with van der Waals surface area (Å²) >= 11 is 0. The fourth-order valence-electron chi connectivity index (χ4n) is 3.13. The summed E-state index contributed by atoms with van der Waals surface area (Å²) in [5.41, 5.74) is 8.34. The number of benzene rings is 1. The standard InChI is InChI=1S/C18H24N4O/c19-10-11-20-16-12-21-18(14-4-2-1-3-5-14)22-17(16)13-6-8-15(23)9-7-13/h6-9,12,14,20,23H,1-5,10-11,19H2. The predicted octanol–water partition coefficient (Wildman–Crippen LogP) is 3.27. The predicted molar refractivity (Wildman–Crippen MR) is 92.5 cm³/mol. The highest BCUT2D eigenvalue weighted by molar-refractivity contribution is 5.74. The van der Waals surface area contributed by atoms with Crippen LogP contribution in [0, 0.1) is 0 Å². The van der Waals surface area contributed by atoms with E-state index in [0.717, 1.165) is 22.8 Å². The van der Waals surface area contributed by atoms with E-state index in [1.54, 1.807) is 12.1 Å². The van der Waals surface area contributed by atoms with Gasteiger partial charge in [0.2, 0.25) is 0 Å². The van der Waals surface area contributed by atoms with Gasteiger partial charge in [-0.3, -0.25) is 0 Å². The Hall–Kier alpha value is -2.14. The first-order chi connectivity index (χ1) is 11.3. The summed E-state index contributed by atoms with van der Waals surface area (Å²) in [5.74, 6) is 1.65. The Morgan fingerprint density at radius 3 is 2.57 bits per heavy atom. The lowest BCUT2D eigenvalue weighted by Gasteiger charge is -2.21. The van der Waals surface area contributed by atoms with Gasteiger partial charge in [-0.25, -0.2) is 9.97 Å². The summed E-state index contributed by atoms with van der Waals surface area (Å²) in [6, 6.07) is 7.14. The van der Waals surface area contributed by atoms with E-state index in [9.17, 15) is 5.11 Å². The molecule has 1 saturated carbocycles. The first-order valence-electron chi connectivity index (χ1n) is 8.38. The third-order valence-corrected chi connectivity index (χ3v) is 4.38. The molecule has 122 valence electrons. The summed E-state index contributed by atoms with van der Waals surface area (Å²) < 4.78 is 0. The number of anilines is 1. The molecule has 1 aliphatic rings. The topological polar surface area (TPSA) is 84.1 Å². The molecule has 5 heteroatoms. The Morgan fingerprint density at radius 2 is 1.87 bits per heavy atom. The Bertz CT molecular complexity index is 636. The van der Waals surface area contributed by atoms with Crippen LogP contribution >= 0.6 is 0 Å². The molecule has 2 aromatic rings. The van der Waals surface area contributed by atoms with Crippen molar-refractivity contribution in [3.8, 4) is 17.0 Å². The molecule has 3 rings (SSSR count). The maximum atomic E-state index is 9.51. The van der Waals surface area contributed by atoms with Crippen molar-refractivity contribution in [1.29, 1.82) is 0 Å². The van der Waals surface area contributed by atoms with E-state index in [2.05, 4.69) is 10.3 Å². The molecule has 5 nitrogen and oxygen atoms in total. The van der Waals surface area contributed by atoms with E-state index >= 15 is 0 Å². The van der Waals surface area contributed by atoms with Crippen molar-refractivity contribution in [2.75, 3.05) is 18.4 Å². The molecule has 1 aromatic heterocycles. The molecular formula is C18H24N4O. The highest BCUT2D eigenvalue weighted by Crippen LogP contribution is 2.33. The van der Waals surface area contributed by atoms with Gasteiger partial charge in [0.25, 0.3) is 0 Å². The van der Waals surface area contributed by atoms with Crippen molar-refractivity contribution >= 4 is 5.69 Å². The van der Waals surface area contributed by atoms with Gasteiger partial charge < -0.3 is 16.2 Å². The third-order valence-electron chi connectivity index (χ3n) is 4.38. The second-order valence-corrected chi connectivity index (χ2v) is 6.09. The minimum absolute atomic E-state index is 0.256. The van der Waals surface area contributed by atoms with Crippen LogP contribution in [-0.2, 0) is 0 Å². The lowest BCUT2D eigenvalue weighted by atomic mass is 9.88. The Labute approximate surface area is 137 Å². The molecule has 0 radical (unpaired) electrons. The number of nitrogens with one attached hydrogen (secondary N) is 1. The number of aromatic hydroxyl groups is 1. The minimum atomic E-state index is 0.256. The van der Waals surface area contributed by atoms with E-state index in [4.69, 9.17) is 10.7 Å².